The Morgan fingerprint density at radius 1 is 1.29 bits per heavy atom. The predicted octanol–water partition coefficient (Wildman–Crippen LogP) is 2.26. The average Bonchev–Trinajstić information content (AvgIpc) is 2.47. The molecule has 0 saturated carbocycles. The van der Waals surface area contributed by atoms with Gasteiger partial charge in [0.2, 0.25) is 10.0 Å². The topological polar surface area (TPSA) is 49.4 Å². The zero-order valence-corrected chi connectivity index (χ0v) is 14.0. The molecule has 1 aliphatic rings. The van der Waals surface area contributed by atoms with Gasteiger partial charge >= 0.3 is 0 Å². The molecule has 0 spiro atoms. The van der Waals surface area contributed by atoms with Gasteiger partial charge < -0.3 is 5.32 Å². The third-order valence-electron chi connectivity index (χ3n) is 4.03. The Hall–Kier alpha value is -0.910. The van der Waals surface area contributed by atoms with Crippen LogP contribution >= 0.6 is 0 Å². The zero-order valence-electron chi connectivity index (χ0n) is 13.2. The van der Waals surface area contributed by atoms with Crippen LogP contribution in [0.4, 0.5) is 0 Å². The zero-order chi connectivity index (χ0) is 15.5. The Morgan fingerprint density at radius 2 is 1.95 bits per heavy atom. The van der Waals surface area contributed by atoms with E-state index in [0.717, 1.165) is 32.4 Å². The van der Waals surface area contributed by atoms with Crippen LogP contribution in [-0.2, 0) is 16.4 Å². The number of nitrogens with one attached hydrogen (secondary N) is 1. The normalized spacial score (nSPS) is 20.1. The highest BCUT2D eigenvalue weighted by molar-refractivity contribution is 7.89. The maximum atomic E-state index is 12.7. The minimum Gasteiger partial charge on any atom is -0.315 e. The standard InChI is InChI=1S/C16H26N2O2S/c1-13(2)11-14-6-8-16(9-7-14)21(19,20)18(3)15-5-4-10-17-12-15/h6-9,13,15,17H,4-5,10-12H2,1-3H3. The van der Waals surface area contributed by atoms with Crippen LogP contribution in [0.2, 0.25) is 0 Å². The summed E-state index contributed by atoms with van der Waals surface area (Å²) >= 11 is 0. The summed E-state index contributed by atoms with van der Waals surface area (Å²) in [7, 11) is -1.70. The van der Waals surface area contributed by atoms with E-state index in [1.807, 2.05) is 12.1 Å². The monoisotopic (exact) mass is 310 g/mol. The van der Waals surface area contributed by atoms with E-state index in [-0.39, 0.29) is 6.04 Å². The average molecular weight is 310 g/mol. The van der Waals surface area contributed by atoms with Gasteiger partial charge in [0, 0.05) is 19.6 Å². The van der Waals surface area contributed by atoms with Crippen LogP contribution in [0.1, 0.15) is 32.3 Å². The highest BCUT2D eigenvalue weighted by Crippen LogP contribution is 2.21. The van der Waals surface area contributed by atoms with Crippen LogP contribution in [0.25, 0.3) is 0 Å². The largest absolute Gasteiger partial charge is 0.315 e. The molecule has 4 nitrogen and oxygen atoms in total. The van der Waals surface area contributed by atoms with Crippen molar-refractivity contribution in [1.29, 1.82) is 0 Å². The van der Waals surface area contributed by atoms with Crippen molar-refractivity contribution in [2.75, 3.05) is 20.1 Å². The molecule has 5 heteroatoms. The summed E-state index contributed by atoms with van der Waals surface area (Å²) in [6.07, 6.45) is 2.93. The first kappa shape index (κ1) is 16.5. The summed E-state index contributed by atoms with van der Waals surface area (Å²) in [5, 5.41) is 3.26. The van der Waals surface area contributed by atoms with E-state index >= 15 is 0 Å². The summed E-state index contributed by atoms with van der Waals surface area (Å²) in [4.78, 5) is 0.392. The van der Waals surface area contributed by atoms with Crippen molar-refractivity contribution in [2.45, 2.75) is 44.0 Å². The van der Waals surface area contributed by atoms with E-state index in [1.165, 1.54) is 9.87 Å². The van der Waals surface area contributed by atoms with Gasteiger partial charge in [0.05, 0.1) is 4.90 Å². The Labute approximate surface area is 128 Å². The van der Waals surface area contributed by atoms with Crippen LogP contribution in [0.3, 0.4) is 0 Å². The van der Waals surface area contributed by atoms with Crippen molar-refractivity contribution < 1.29 is 8.42 Å². The molecule has 0 aliphatic carbocycles. The van der Waals surface area contributed by atoms with E-state index in [0.29, 0.717) is 10.8 Å². The molecule has 1 aromatic rings. The summed E-state index contributed by atoms with van der Waals surface area (Å²) in [5.74, 6) is 0.573. The van der Waals surface area contributed by atoms with Gasteiger partial charge in [0.1, 0.15) is 0 Å². The van der Waals surface area contributed by atoms with Crippen molar-refractivity contribution in [3.8, 4) is 0 Å². The summed E-state index contributed by atoms with van der Waals surface area (Å²) in [5.41, 5.74) is 1.19. The SMILES string of the molecule is CC(C)Cc1ccc(S(=O)(=O)N(C)C2CCCNC2)cc1. The minimum absolute atomic E-state index is 0.0547. The fraction of sp³-hybridized carbons (Fsp3) is 0.625. The molecule has 0 radical (unpaired) electrons. The lowest BCUT2D eigenvalue weighted by Gasteiger charge is -2.30. The maximum Gasteiger partial charge on any atom is 0.243 e. The van der Waals surface area contributed by atoms with E-state index in [1.54, 1.807) is 19.2 Å². The third kappa shape index (κ3) is 4.05. The van der Waals surface area contributed by atoms with E-state index in [2.05, 4.69) is 19.2 Å². The van der Waals surface area contributed by atoms with Crippen molar-refractivity contribution in [1.82, 2.24) is 9.62 Å². The number of benzene rings is 1. The van der Waals surface area contributed by atoms with Gasteiger partial charge in [-0.15, -0.1) is 0 Å². The molecule has 1 unspecified atom stereocenters. The number of hydrogen-bond acceptors (Lipinski definition) is 3. The van der Waals surface area contributed by atoms with E-state index in [4.69, 9.17) is 0 Å². The molecular weight excluding hydrogens is 284 g/mol. The van der Waals surface area contributed by atoms with Crippen molar-refractivity contribution in [3.05, 3.63) is 29.8 Å². The number of rotatable bonds is 5. The fourth-order valence-corrected chi connectivity index (χ4v) is 4.16. The molecule has 1 heterocycles. The second kappa shape index (κ2) is 6.90. The lowest BCUT2D eigenvalue weighted by Crippen LogP contribution is -2.46. The van der Waals surface area contributed by atoms with Crippen molar-refractivity contribution in [2.24, 2.45) is 5.92 Å². The Morgan fingerprint density at radius 3 is 2.48 bits per heavy atom. The van der Waals surface area contributed by atoms with E-state index < -0.39 is 10.0 Å². The molecular formula is C16H26N2O2S. The van der Waals surface area contributed by atoms with E-state index in [9.17, 15) is 8.42 Å². The van der Waals surface area contributed by atoms with Gasteiger partial charge in [-0.2, -0.15) is 4.31 Å². The van der Waals surface area contributed by atoms with Crippen molar-refractivity contribution in [3.63, 3.8) is 0 Å². The highest BCUT2D eigenvalue weighted by Gasteiger charge is 2.28. The molecule has 2 rings (SSSR count). The summed E-state index contributed by atoms with van der Waals surface area (Å²) < 4.78 is 26.9. The molecule has 1 atom stereocenters. The summed E-state index contributed by atoms with van der Waals surface area (Å²) in [6.45, 7) is 6.04. The molecule has 0 bridgehead atoms. The Bertz CT molecular complexity index is 546. The maximum absolute atomic E-state index is 12.7. The van der Waals surface area contributed by atoms with Gasteiger partial charge in [-0.05, 0) is 49.4 Å². The van der Waals surface area contributed by atoms with Crippen molar-refractivity contribution >= 4 is 10.0 Å². The highest BCUT2D eigenvalue weighted by atomic mass is 32.2. The predicted molar refractivity (Wildman–Crippen MR) is 85.8 cm³/mol. The van der Waals surface area contributed by atoms with Gasteiger partial charge in [-0.1, -0.05) is 26.0 Å². The molecule has 0 aromatic heterocycles. The number of likely N-dealkylation sites (N-methyl/N-ethyl adjacent to an activating group) is 1. The lowest BCUT2D eigenvalue weighted by atomic mass is 10.0. The van der Waals surface area contributed by atoms with Crippen LogP contribution < -0.4 is 5.32 Å². The molecule has 21 heavy (non-hydrogen) atoms. The molecule has 1 aliphatic heterocycles. The Kier molecular flexibility index (Phi) is 5.41. The van der Waals surface area contributed by atoms with Gasteiger partial charge in [0.15, 0.2) is 0 Å². The number of piperidine rings is 1. The Balaban J connectivity index is 2.14. The number of sulfonamides is 1. The third-order valence-corrected chi connectivity index (χ3v) is 5.95. The quantitative estimate of drug-likeness (QED) is 0.907. The van der Waals surface area contributed by atoms with Gasteiger partial charge in [-0.25, -0.2) is 8.42 Å². The smallest absolute Gasteiger partial charge is 0.243 e. The molecule has 1 saturated heterocycles. The fourth-order valence-electron chi connectivity index (χ4n) is 2.78. The summed E-state index contributed by atoms with van der Waals surface area (Å²) in [6, 6.07) is 7.39. The minimum atomic E-state index is -3.39. The lowest BCUT2D eigenvalue weighted by molar-refractivity contribution is 0.300. The second-order valence-electron chi connectivity index (χ2n) is 6.26. The number of hydrogen-bond donors (Lipinski definition) is 1. The molecule has 0 amide bonds. The van der Waals surface area contributed by atoms with Gasteiger partial charge in [-0.3, -0.25) is 0 Å². The number of nitrogens with zero attached hydrogens (tertiary/aromatic N) is 1. The molecule has 1 N–H and O–H groups in total. The first-order valence-electron chi connectivity index (χ1n) is 7.69. The first-order chi connectivity index (χ1) is 9.91. The van der Waals surface area contributed by atoms with Crippen LogP contribution in [0, 0.1) is 5.92 Å². The second-order valence-corrected chi connectivity index (χ2v) is 8.26. The molecule has 1 fully saturated rings. The van der Waals surface area contributed by atoms with Crippen LogP contribution in [-0.4, -0.2) is 38.9 Å². The van der Waals surface area contributed by atoms with Crippen LogP contribution in [0.5, 0.6) is 0 Å². The van der Waals surface area contributed by atoms with Gasteiger partial charge in [0.25, 0.3) is 0 Å². The first-order valence-corrected chi connectivity index (χ1v) is 9.13. The molecule has 118 valence electrons. The van der Waals surface area contributed by atoms with Crippen LogP contribution in [0.15, 0.2) is 29.2 Å². The molecule has 1 aromatic carbocycles.